The Kier molecular flexibility index (Phi) is 3.63. The van der Waals surface area contributed by atoms with Crippen molar-refractivity contribution in [2.24, 2.45) is 5.10 Å². The second-order valence-corrected chi connectivity index (χ2v) is 5.02. The van der Waals surface area contributed by atoms with Gasteiger partial charge in [0.15, 0.2) is 0 Å². The molecular formula is C12H12N4OS. The highest BCUT2D eigenvalue weighted by atomic mass is 32.2. The number of nitrogens with one attached hydrogen (secondary N) is 1. The van der Waals surface area contributed by atoms with Crippen molar-refractivity contribution in [3.05, 3.63) is 22.9 Å². The van der Waals surface area contributed by atoms with E-state index in [2.05, 4.69) is 21.6 Å². The van der Waals surface area contributed by atoms with Crippen LogP contribution in [-0.4, -0.2) is 22.4 Å². The van der Waals surface area contributed by atoms with E-state index in [1.807, 2.05) is 19.9 Å². The zero-order valence-electron chi connectivity index (χ0n) is 10.1. The average molecular weight is 260 g/mol. The molecule has 2 heterocycles. The van der Waals surface area contributed by atoms with Crippen molar-refractivity contribution in [1.29, 1.82) is 5.26 Å². The van der Waals surface area contributed by atoms with Crippen molar-refractivity contribution in [3.8, 4) is 6.07 Å². The van der Waals surface area contributed by atoms with Crippen molar-refractivity contribution >= 4 is 23.4 Å². The molecule has 1 aliphatic rings. The molecular weight excluding hydrogens is 248 g/mol. The fourth-order valence-electron chi connectivity index (χ4n) is 1.68. The second kappa shape index (κ2) is 5.19. The molecule has 0 saturated carbocycles. The molecule has 2 rings (SSSR count). The van der Waals surface area contributed by atoms with Crippen LogP contribution in [0.2, 0.25) is 0 Å². The lowest BCUT2D eigenvalue weighted by molar-refractivity contribution is -0.119. The van der Waals surface area contributed by atoms with Crippen LogP contribution in [0.3, 0.4) is 0 Å². The number of hydrogen-bond acceptors (Lipinski definition) is 5. The Morgan fingerprint density at radius 2 is 2.33 bits per heavy atom. The molecule has 5 nitrogen and oxygen atoms in total. The van der Waals surface area contributed by atoms with Crippen LogP contribution in [0.5, 0.6) is 0 Å². The van der Waals surface area contributed by atoms with Crippen LogP contribution in [0, 0.1) is 25.2 Å². The van der Waals surface area contributed by atoms with E-state index >= 15 is 0 Å². The number of aryl methyl sites for hydroxylation is 2. The maximum atomic E-state index is 11.0. The van der Waals surface area contributed by atoms with Crippen molar-refractivity contribution in [2.75, 3.05) is 5.75 Å². The first-order chi connectivity index (χ1) is 8.60. The number of pyridine rings is 1. The van der Waals surface area contributed by atoms with Crippen molar-refractivity contribution in [2.45, 2.75) is 25.3 Å². The Morgan fingerprint density at radius 1 is 1.56 bits per heavy atom. The lowest BCUT2D eigenvalue weighted by Gasteiger charge is -2.06. The molecule has 92 valence electrons. The van der Waals surface area contributed by atoms with Gasteiger partial charge >= 0.3 is 0 Å². The van der Waals surface area contributed by atoms with Crippen molar-refractivity contribution < 1.29 is 4.79 Å². The average Bonchev–Trinajstić information content (AvgIpc) is 2.72. The van der Waals surface area contributed by atoms with E-state index in [-0.39, 0.29) is 5.91 Å². The van der Waals surface area contributed by atoms with Gasteiger partial charge in [0.1, 0.15) is 11.1 Å². The summed E-state index contributed by atoms with van der Waals surface area (Å²) in [4.78, 5) is 15.4. The minimum Gasteiger partial charge on any atom is -0.273 e. The van der Waals surface area contributed by atoms with E-state index in [1.165, 1.54) is 11.8 Å². The summed E-state index contributed by atoms with van der Waals surface area (Å²) in [6, 6.07) is 4.06. The number of rotatable bonds is 3. The lowest BCUT2D eigenvalue weighted by Crippen LogP contribution is -2.09. The highest BCUT2D eigenvalue weighted by Crippen LogP contribution is 2.24. The van der Waals surface area contributed by atoms with Gasteiger partial charge in [-0.25, -0.2) is 10.4 Å². The Hall–Kier alpha value is -1.87. The summed E-state index contributed by atoms with van der Waals surface area (Å²) in [7, 11) is 0. The number of thioether (sulfide) groups is 1. The number of hydrogen-bond donors (Lipinski definition) is 1. The van der Waals surface area contributed by atoms with Crippen LogP contribution in [-0.2, 0) is 4.79 Å². The monoisotopic (exact) mass is 260 g/mol. The standard InChI is InChI=1S/C12H12N4OS/c1-7-3-8(2)14-12(10(7)5-13)18-6-9-4-11(17)16-15-9/h3H,4,6H2,1-2H3,(H,16,17). The molecule has 0 spiro atoms. The van der Waals surface area contributed by atoms with Crippen LogP contribution < -0.4 is 5.43 Å². The van der Waals surface area contributed by atoms with Crippen LogP contribution in [0.1, 0.15) is 23.2 Å². The van der Waals surface area contributed by atoms with Gasteiger partial charge in [-0.3, -0.25) is 4.79 Å². The van der Waals surface area contributed by atoms with Gasteiger partial charge in [0, 0.05) is 11.4 Å². The highest BCUT2D eigenvalue weighted by Gasteiger charge is 2.16. The second-order valence-electron chi connectivity index (χ2n) is 4.05. The smallest absolute Gasteiger partial charge is 0.245 e. The van der Waals surface area contributed by atoms with Crippen LogP contribution in [0.15, 0.2) is 16.2 Å². The van der Waals surface area contributed by atoms with Gasteiger partial charge in [-0.2, -0.15) is 10.4 Å². The molecule has 0 saturated heterocycles. The Balaban J connectivity index is 2.14. The molecule has 0 unspecified atom stereocenters. The van der Waals surface area contributed by atoms with E-state index in [4.69, 9.17) is 5.26 Å². The molecule has 0 bridgehead atoms. The minimum atomic E-state index is -0.0838. The van der Waals surface area contributed by atoms with E-state index in [9.17, 15) is 4.79 Å². The number of nitriles is 1. The van der Waals surface area contributed by atoms with Crippen molar-refractivity contribution in [1.82, 2.24) is 10.4 Å². The van der Waals surface area contributed by atoms with E-state index in [0.717, 1.165) is 17.0 Å². The van der Waals surface area contributed by atoms with Gasteiger partial charge in [-0.05, 0) is 25.5 Å². The predicted octanol–water partition coefficient (Wildman–Crippen LogP) is 1.54. The number of carbonyl (C=O) groups excluding carboxylic acids is 1. The SMILES string of the molecule is Cc1cc(C)c(C#N)c(SCC2=NNC(=O)C2)n1. The normalized spacial score (nSPS) is 14.1. The van der Waals surface area contributed by atoms with Gasteiger partial charge in [-0.1, -0.05) is 11.8 Å². The number of nitrogens with zero attached hydrogens (tertiary/aromatic N) is 3. The van der Waals surface area contributed by atoms with E-state index in [0.29, 0.717) is 22.8 Å². The summed E-state index contributed by atoms with van der Waals surface area (Å²) in [5.74, 6) is 0.489. The third-order valence-corrected chi connectivity index (χ3v) is 3.55. The summed E-state index contributed by atoms with van der Waals surface area (Å²) >= 11 is 1.44. The van der Waals surface area contributed by atoms with Crippen LogP contribution in [0.4, 0.5) is 0 Å². The lowest BCUT2D eigenvalue weighted by atomic mass is 10.1. The molecule has 0 fully saturated rings. The number of hydrazone groups is 1. The van der Waals surface area contributed by atoms with Crippen LogP contribution >= 0.6 is 11.8 Å². The molecule has 1 aromatic heterocycles. The highest BCUT2D eigenvalue weighted by molar-refractivity contribution is 8.00. The van der Waals surface area contributed by atoms with Gasteiger partial charge < -0.3 is 0 Å². The van der Waals surface area contributed by atoms with Gasteiger partial charge in [0.05, 0.1) is 17.7 Å². The quantitative estimate of drug-likeness (QED) is 0.836. The van der Waals surface area contributed by atoms with Gasteiger partial charge in [0.2, 0.25) is 5.91 Å². The fraction of sp³-hybridized carbons (Fsp3) is 0.333. The zero-order chi connectivity index (χ0) is 13.1. The first kappa shape index (κ1) is 12.6. The third-order valence-electron chi connectivity index (χ3n) is 2.50. The molecule has 1 N–H and O–H groups in total. The largest absolute Gasteiger partial charge is 0.273 e. The summed E-state index contributed by atoms with van der Waals surface area (Å²) in [5.41, 5.74) is 5.61. The molecule has 1 aromatic rings. The molecule has 0 radical (unpaired) electrons. The molecule has 0 aliphatic carbocycles. The molecule has 0 aromatic carbocycles. The summed E-state index contributed by atoms with van der Waals surface area (Å²) in [5, 5.41) is 13.7. The maximum absolute atomic E-state index is 11.0. The summed E-state index contributed by atoms with van der Waals surface area (Å²) < 4.78 is 0. The fourth-order valence-corrected chi connectivity index (χ4v) is 2.71. The molecule has 18 heavy (non-hydrogen) atoms. The number of aromatic nitrogens is 1. The third kappa shape index (κ3) is 2.68. The Labute approximate surface area is 109 Å². The maximum Gasteiger partial charge on any atom is 0.245 e. The minimum absolute atomic E-state index is 0.0838. The van der Waals surface area contributed by atoms with Crippen molar-refractivity contribution in [3.63, 3.8) is 0 Å². The predicted molar refractivity (Wildman–Crippen MR) is 69.3 cm³/mol. The summed E-state index contributed by atoms with van der Waals surface area (Å²) in [6.45, 7) is 3.80. The first-order valence-electron chi connectivity index (χ1n) is 5.45. The molecule has 1 amide bonds. The Morgan fingerprint density at radius 3 is 2.94 bits per heavy atom. The first-order valence-corrected chi connectivity index (χ1v) is 6.44. The topological polar surface area (TPSA) is 78.1 Å². The molecule has 0 atom stereocenters. The van der Waals surface area contributed by atoms with Gasteiger partial charge in [0.25, 0.3) is 0 Å². The number of amides is 1. The van der Waals surface area contributed by atoms with Crippen LogP contribution in [0.25, 0.3) is 0 Å². The van der Waals surface area contributed by atoms with Gasteiger partial charge in [-0.15, -0.1) is 0 Å². The zero-order valence-corrected chi connectivity index (χ0v) is 11.0. The molecule has 1 aliphatic heterocycles. The van der Waals surface area contributed by atoms with E-state index in [1.54, 1.807) is 0 Å². The van der Waals surface area contributed by atoms with E-state index < -0.39 is 0 Å². The summed E-state index contributed by atoms with van der Waals surface area (Å²) in [6.07, 6.45) is 0.333. The Bertz CT molecular complexity index is 574. The molecule has 6 heteroatoms. The number of carbonyl (C=O) groups is 1.